The third-order valence-corrected chi connectivity index (χ3v) is 6.41. The van der Waals surface area contributed by atoms with Gasteiger partial charge in [0.25, 0.3) is 0 Å². The molecule has 0 aromatic carbocycles. The number of thioether (sulfide) groups is 1. The first-order chi connectivity index (χ1) is 6.51. The summed E-state index contributed by atoms with van der Waals surface area (Å²) in [7, 11) is 0. The average molecular weight is 281 g/mol. The second kappa shape index (κ2) is 7.16. The van der Waals surface area contributed by atoms with E-state index in [2.05, 4.69) is 62.3 Å². The smallest absolute Gasteiger partial charge is 0.00956 e. The van der Waals surface area contributed by atoms with E-state index in [1.807, 2.05) is 0 Å². The number of halogens is 1. The van der Waals surface area contributed by atoms with E-state index < -0.39 is 0 Å². The molecule has 2 heteroatoms. The standard InChI is InChI=1S/C12H25BrS/c1-6-12(7-2,8-13)9-14-11(5)10(3)4/h10-11H,6-9H2,1-5H3. The Morgan fingerprint density at radius 1 is 1.14 bits per heavy atom. The van der Waals surface area contributed by atoms with Crippen LogP contribution in [0, 0.1) is 11.3 Å². The van der Waals surface area contributed by atoms with Gasteiger partial charge in [-0.05, 0) is 29.9 Å². The van der Waals surface area contributed by atoms with Gasteiger partial charge in [-0.15, -0.1) is 0 Å². The van der Waals surface area contributed by atoms with Crippen LogP contribution in [0.5, 0.6) is 0 Å². The summed E-state index contributed by atoms with van der Waals surface area (Å²) in [4.78, 5) is 0. The van der Waals surface area contributed by atoms with Crippen LogP contribution in [0.2, 0.25) is 0 Å². The second-order valence-corrected chi connectivity index (χ2v) is 6.53. The van der Waals surface area contributed by atoms with Crippen LogP contribution in [0.25, 0.3) is 0 Å². The molecule has 0 aromatic heterocycles. The number of hydrogen-bond donors (Lipinski definition) is 0. The molecule has 0 aliphatic rings. The zero-order chi connectivity index (χ0) is 11.2. The predicted octanol–water partition coefficient (Wildman–Crippen LogP) is 4.97. The molecule has 0 aromatic rings. The molecule has 0 bridgehead atoms. The maximum atomic E-state index is 3.67. The van der Waals surface area contributed by atoms with E-state index in [-0.39, 0.29) is 0 Å². The quantitative estimate of drug-likeness (QED) is 0.594. The Labute approximate surface area is 103 Å². The molecular weight excluding hydrogens is 256 g/mol. The fourth-order valence-corrected chi connectivity index (χ4v) is 3.95. The molecule has 0 saturated carbocycles. The van der Waals surface area contributed by atoms with Crippen molar-refractivity contribution in [3.05, 3.63) is 0 Å². The van der Waals surface area contributed by atoms with E-state index in [9.17, 15) is 0 Å². The van der Waals surface area contributed by atoms with Crippen LogP contribution < -0.4 is 0 Å². The molecule has 0 spiro atoms. The summed E-state index contributed by atoms with van der Waals surface area (Å²) in [6, 6.07) is 0. The monoisotopic (exact) mass is 280 g/mol. The third-order valence-electron chi connectivity index (χ3n) is 3.37. The molecular formula is C12H25BrS. The lowest BCUT2D eigenvalue weighted by Gasteiger charge is -2.31. The van der Waals surface area contributed by atoms with Gasteiger partial charge in [0.1, 0.15) is 0 Å². The number of hydrogen-bond acceptors (Lipinski definition) is 1. The van der Waals surface area contributed by atoms with Gasteiger partial charge >= 0.3 is 0 Å². The largest absolute Gasteiger partial charge is 0.158 e. The maximum Gasteiger partial charge on any atom is 0.00956 e. The van der Waals surface area contributed by atoms with Crippen molar-refractivity contribution in [3.8, 4) is 0 Å². The molecule has 0 rings (SSSR count). The van der Waals surface area contributed by atoms with Crippen LogP contribution >= 0.6 is 27.7 Å². The number of alkyl halides is 1. The first-order valence-corrected chi connectivity index (χ1v) is 7.86. The summed E-state index contributed by atoms with van der Waals surface area (Å²) in [5.74, 6) is 2.09. The highest BCUT2D eigenvalue weighted by atomic mass is 79.9. The van der Waals surface area contributed by atoms with E-state index in [1.165, 1.54) is 18.6 Å². The molecule has 0 aliphatic heterocycles. The van der Waals surface area contributed by atoms with Gasteiger partial charge in [-0.3, -0.25) is 0 Å². The fourth-order valence-electron chi connectivity index (χ4n) is 1.18. The highest BCUT2D eigenvalue weighted by Crippen LogP contribution is 2.35. The van der Waals surface area contributed by atoms with Gasteiger partial charge in [-0.2, -0.15) is 11.8 Å². The summed E-state index contributed by atoms with van der Waals surface area (Å²) < 4.78 is 0. The molecule has 0 N–H and O–H groups in total. The summed E-state index contributed by atoms with van der Waals surface area (Å²) in [6.07, 6.45) is 2.57. The van der Waals surface area contributed by atoms with Crippen molar-refractivity contribution in [2.45, 2.75) is 52.7 Å². The first-order valence-electron chi connectivity index (χ1n) is 5.69. The molecule has 1 atom stereocenters. The molecule has 0 fully saturated rings. The van der Waals surface area contributed by atoms with Crippen LogP contribution in [-0.4, -0.2) is 16.3 Å². The Morgan fingerprint density at radius 2 is 1.64 bits per heavy atom. The van der Waals surface area contributed by atoms with Gasteiger partial charge in [0.15, 0.2) is 0 Å². The summed E-state index contributed by atoms with van der Waals surface area (Å²) in [6.45, 7) is 11.6. The van der Waals surface area contributed by atoms with Crippen molar-refractivity contribution in [2.24, 2.45) is 11.3 Å². The van der Waals surface area contributed by atoms with Crippen molar-refractivity contribution < 1.29 is 0 Å². The first kappa shape index (κ1) is 14.8. The Balaban J connectivity index is 4.05. The lowest BCUT2D eigenvalue weighted by molar-refractivity contribution is 0.358. The summed E-state index contributed by atoms with van der Waals surface area (Å²) >= 11 is 5.80. The minimum atomic E-state index is 0.522. The minimum Gasteiger partial charge on any atom is -0.158 e. The SMILES string of the molecule is CCC(CC)(CBr)CSC(C)C(C)C. The Hall–Kier alpha value is 0.830. The van der Waals surface area contributed by atoms with E-state index in [1.54, 1.807) is 0 Å². The van der Waals surface area contributed by atoms with E-state index in [4.69, 9.17) is 0 Å². The molecule has 0 heterocycles. The normalized spacial score (nSPS) is 14.8. The average Bonchev–Trinajstić information content (AvgIpc) is 2.20. The second-order valence-electron chi connectivity index (χ2n) is 4.60. The zero-order valence-electron chi connectivity index (χ0n) is 10.3. The molecule has 1 unspecified atom stereocenters. The zero-order valence-corrected chi connectivity index (χ0v) is 12.7. The Morgan fingerprint density at radius 3 is 1.93 bits per heavy atom. The highest BCUT2D eigenvalue weighted by molar-refractivity contribution is 9.09. The summed E-state index contributed by atoms with van der Waals surface area (Å²) in [5, 5.41) is 1.93. The fraction of sp³-hybridized carbons (Fsp3) is 1.00. The lowest BCUT2D eigenvalue weighted by Crippen LogP contribution is -2.25. The van der Waals surface area contributed by atoms with Crippen LogP contribution in [0.4, 0.5) is 0 Å². The van der Waals surface area contributed by atoms with Crippen LogP contribution in [0.3, 0.4) is 0 Å². The van der Waals surface area contributed by atoms with Crippen LogP contribution in [0.15, 0.2) is 0 Å². The van der Waals surface area contributed by atoms with Gasteiger partial charge in [0.05, 0.1) is 0 Å². The molecule has 14 heavy (non-hydrogen) atoms. The topological polar surface area (TPSA) is 0 Å². The predicted molar refractivity (Wildman–Crippen MR) is 73.6 cm³/mol. The van der Waals surface area contributed by atoms with E-state index >= 15 is 0 Å². The van der Waals surface area contributed by atoms with Crippen molar-refractivity contribution in [3.63, 3.8) is 0 Å². The molecule has 0 aliphatic carbocycles. The lowest BCUT2D eigenvalue weighted by atomic mass is 9.87. The molecule has 0 amide bonds. The highest BCUT2D eigenvalue weighted by Gasteiger charge is 2.25. The Kier molecular flexibility index (Phi) is 7.59. The van der Waals surface area contributed by atoms with Gasteiger partial charge in [0, 0.05) is 10.6 Å². The minimum absolute atomic E-state index is 0.522. The van der Waals surface area contributed by atoms with Crippen molar-refractivity contribution in [1.29, 1.82) is 0 Å². The molecule has 0 radical (unpaired) electrons. The van der Waals surface area contributed by atoms with E-state index in [0.717, 1.165) is 16.5 Å². The summed E-state index contributed by atoms with van der Waals surface area (Å²) in [5.41, 5.74) is 0.522. The third kappa shape index (κ3) is 4.57. The van der Waals surface area contributed by atoms with Crippen LogP contribution in [0.1, 0.15) is 47.5 Å². The molecule has 86 valence electrons. The van der Waals surface area contributed by atoms with Gasteiger partial charge in [-0.1, -0.05) is 50.5 Å². The van der Waals surface area contributed by atoms with Crippen molar-refractivity contribution in [1.82, 2.24) is 0 Å². The maximum absolute atomic E-state index is 3.67. The Bertz CT molecular complexity index is 133. The molecule has 0 nitrogen and oxygen atoms in total. The van der Waals surface area contributed by atoms with Crippen molar-refractivity contribution in [2.75, 3.05) is 11.1 Å². The van der Waals surface area contributed by atoms with Gasteiger partial charge in [-0.25, -0.2) is 0 Å². The van der Waals surface area contributed by atoms with Gasteiger partial charge in [0.2, 0.25) is 0 Å². The number of rotatable bonds is 7. The molecule has 0 saturated heterocycles. The van der Waals surface area contributed by atoms with Crippen LogP contribution in [-0.2, 0) is 0 Å². The van der Waals surface area contributed by atoms with Crippen molar-refractivity contribution >= 4 is 27.7 Å². The van der Waals surface area contributed by atoms with Gasteiger partial charge < -0.3 is 0 Å². The van der Waals surface area contributed by atoms with E-state index in [0.29, 0.717) is 5.41 Å².